The van der Waals surface area contributed by atoms with Crippen LogP contribution in [0.4, 0.5) is 0 Å². The zero-order valence-corrected chi connectivity index (χ0v) is 9.00. The average molecular weight is 187 g/mol. The van der Waals surface area contributed by atoms with E-state index in [0.29, 0.717) is 5.92 Å². The number of hydrogen-bond donors (Lipinski definition) is 2. The number of hydrazine groups is 1. The Labute approximate surface area is 80.4 Å². The maximum Gasteiger partial charge on any atom is 0.250 e. The fourth-order valence-electron chi connectivity index (χ4n) is 0.976. The van der Waals surface area contributed by atoms with E-state index >= 15 is 0 Å². The highest BCUT2D eigenvalue weighted by atomic mass is 16.2. The van der Waals surface area contributed by atoms with Crippen molar-refractivity contribution in [1.29, 1.82) is 0 Å². The fraction of sp³-hybridized carbons (Fsp3) is 0.889. The lowest BCUT2D eigenvalue weighted by Gasteiger charge is -2.23. The molecule has 0 spiro atoms. The number of hydrogen-bond acceptors (Lipinski definition) is 3. The molecule has 0 aliphatic rings. The third kappa shape index (κ3) is 4.85. The summed E-state index contributed by atoms with van der Waals surface area (Å²) in [6.07, 6.45) is 1.10. The van der Waals surface area contributed by atoms with Gasteiger partial charge in [0.05, 0.1) is 6.04 Å². The van der Waals surface area contributed by atoms with Crippen molar-refractivity contribution in [3.63, 3.8) is 0 Å². The van der Waals surface area contributed by atoms with Gasteiger partial charge in [-0.2, -0.15) is 0 Å². The summed E-state index contributed by atoms with van der Waals surface area (Å²) in [5, 5.41) is 0. The Hall–Kier alpha value is -0.610. The van der Waals surface area contributed by atoms with E-state index in [1.807, 2.05) is 18.9 Å². The Morgan fingerprint density at radius 2 is 2.00 bits per heavy atom. The Kier molecular flexibility index (Phi) is 5.66. The molecule has 0 bridgehead atoms. The van der Waals surface area contributed by atoms with Gasteiger partial charge in [0.15, 0.2) is 0 Å². The van der Waals surface area contributed by atoms with Crippen LogP contribution in [0, 0.1) is 5.92 Å². The first kappa shape index (κ1) is 12.4. The lowest BCUT2D eigenvalue weighted by molar-refractivity contribution is -0.125. The zero-order valence-electron chi connectivity index (χ0n) is 9.00. The summed E-state index contributed by atoms with van der Waals surface area (Å²) in [6, 6.07) is -0.149. The normalized spacial score (nSPS) is 13.5. The maximum atomic E-state index is 11.1. The smallest absolute Gasteiger partial charge is 0.250 e. The van der Waals surface area contributed by atoms with Gasteiger partial charge in [-0.1, -0.05) is 13.8 Å². The third-order valence-electron chi connectivity index (χ3n) is 2.24. The van der Waals surface area contributed by atoms with Gasteiger partial charge in [-0.3, -0.25) is 15.1 Å². The number of nitrogens with two attached hydrogens (primary N) is 1. The van der Waals surface area contributed by atoms with Crippen molar-refractivity contribution in [2.24, 2.45) is 11.8 Å². The van der Waals surface area contributed by atoms with Crippen LogP contribution in [0.3, 0.4) is 0 Å². The molecule has 0 radical (unpaired) electrons. The second kappa shape index (κ2) is 5.94. The predicted octanol–water partition coefficient (Wildman–Crippen LogP) is 0.343. The Bertz CT molecular complexity index is 159. The highest BCUT2D eigenvalue weighted by Gasteiger charge is 2.16. The lowest BCUT2D eigenvalue weighted by atomic mass is 10.1. The minimum absolute atomic E-state index is 0.133. The van der Waals surface area contributed by atoms with Crippen molar-refractivity contribution in [1.82, 2.24) is 10.3 Å². The molecule has 0 fully saturated rings. The number of amides is 1. The summed E-state index contributed by atoms with van der Waals surface area (Å²) < 4.78 is 0. The molecule has 13 heavy (non-hydrogen) atoms. The van der Waals surface area contributed by atoms with Crippen LogP contribution < -0.4 is 11.3 Å². The topological polar surface area (TPSA) is 58.4 Å². The van der Waals surface area contributed by atoms with Gasteiger partial charge in [-0.15, -0.1) is 0 Å². The molecule has 4 nitrogen and oxygen atoms in total. The molecule has 3 N–H and O–H groups in total. The van der Waals surface area contributed by atoms with E-state index in [2.05, 4.69) is 19.3 Å². The maximum absolute atomic E-state index is 11.1. The van der Waals surface area contributed by atoms with Gasteiger partial charge in [0.1, 0.15) is 0 Å². The molecule has 0 aliphatic heterocycles. The van der Waals surface area contributed by atoms with Crippen molar-refractivity contribution >= 4 is 5.91 Å². The van der Waals surface area contributed by atoms with Gasteiger partial charge in [0.2, 0.25) is 0 Å². The van der Waals surface area contributed by atoms with Gasteiger partial charge in [0, 0.05) is 0 Å². The van der Waals surface area contributed by atoms with Crippen LogP contribution in [0.5, 0.6) is 0 Å². The van der Waals surface area contributed by atoms with Crippen molar-refractivity contribution < 1.29 is 4.79 Å². The first-order valence-corrected chi connectivity index (χ1v) is 4.69. The summed E-state index contributed by atoms with van der Waals surface area (Å²) in [5.41, 5.74) is 2.15. The number of nitrogens with zero attached hydrogens (tertiary/aromatic N) is 1. The molecule has 0 heterocycles. The van der Waals surface area contributed by atoms with Crippen molar-refractivity contribution in [3.8, 4) is 0 Å². The minimum Gasteiger partial charge on any atom is -0.295 e. The van der Waals surface area contributed by atoms with E-state index in [1.54, 1.807) is 0 Å². The second-order valence-electron chi connectivity index (χ2n) is 3.85. The average Bonchev–Trinajstić information content (AvgIpc) is 2.11. The second-order valence-corrected chi connectivity index (χ2v) is 3.85. The summed E-state index contributed by atoms with van der Waals surface area (Å²) in [7, 11) is 1.93. The summed E-state index contributed by atoms with van der Waals surface area (Å²) in [4.78, 5) is 13.1. The molecule has 0 aromatic rings. The molecular formula is C9H21N3O. The molecular weight excluding hydrogens is 166 g/mol. The number of nitrogens with one attached hydrogen (secondary N) is 1. The van der Waals surface area contributed by atoms with Gasteiger partial charge in [-0.05, 0) is 32.9 Å². The largest absolute Gasteiger partial charge is 0.295 e. The van der Waals surface area contributed by atoms with E-state index in [1.165, 1.54) is 0 Å². The predicted molar refractivity (Wildman–Crippen MR) is 53.9 cm³/mol. The highest BCUT2D eigenvalue weighted by molar-refractivity contribution is 5.80. The van der Waals surface area contributed by atoms with Crippen LogP contribution in [0.15, 0.2) is 0 Å². The van der Waals surface area contributed by atoms with Crippen molar-refractivity contribution in [2.45, 2.75) is 33.2 Å². The number of carbonyl (C=O) groups excluding carboxylic acids is 1. The van der Waals surface area contributed by atoms with Crippen LogP contribution in [0.2, 0.25) is 0 Å². The van der Waals surface area contributed by atoms with Crippen LogP contribution in [-0.4, -0.2) is 30.4 Å². The molecule has 0 saturated carbocycles. The fourth-order valence-corrected chi connectivity index (χ4v) is 0.976. The Balaban J connectivity index is 3.82. The SMILES string of the molecule is CC(C)CCN(C)C(C)C(=O)NN. The standard InChI is InChI=1S/C9H21N3O/c1-7(2)5-6-12(4)8(3)9(13)11-10/h7-8H,5-6,10H2,1-4H3,(H,11,13). The number of rotatable bonds is 5. The molecule has 1 amide bonds. The quantitative estimate of drug-likeness (QED) is 0.371. The third-order valence-corrected chi connectivity index (χ3v) is 2.24. The summed E-state index contributed by atoms with van der Waals surface area (Å²) in [6.45, 7) is 7.11. The van der Waals surface area contributed by atoms with Crippen LogP contribution in [-0.2, 0) is 4.79 Å². The summed E-state index contributed by atoms with van der Waals surface area (Å²) >= 11 is 0. The van der Waals surface area contributed by atoms with Crippen LogP contribution in [0.25, 0.3) is 0 Å². The Morgan fingerprint density at radius 1 is 1.46 bits per heavy atom. The number of carbonyl (C=O) groups is 1. The lowest BCUT2D eigenvalue weighted by Crippen LogP contribution is -2.46. The molecule has 78 valence electrons. The monoisotopic (exact) mass is 187 g/mol. The van der Waals surface area contributed by atoms with Gasteiger partial charge >= 0.3 is 0 Å². The van der Waals surface area contributed by atoms with E-state index in [9.17, 15) is 4.79 Å². The van der Waals surface area contributed by atoms with Gasteiger partial charge in [-0.25, -0.2) is 5.84 Å². The molecule has 1 atom stereocenters. The van der Waals surface area contributed by atoms with Crippen molar-refractivity contribution in [3.05, 3.63) is 0 Å². The van der Waals surface area contributed by atoms with E-state index < -0.39 is 0 Å². The van der Waals surface area contributed by atoms with E-state index in [0.717, 1.165) is 13.0 Å². The van der Waals surface area contributed by atoms with Crippen LogP contribution >= 0.6 is 0 Å². The molecule has 1 unspecified atom stereocenters. The minimum atomic E-state index is -0.149. The van der Waals surface area contributed by atoms with Gasteiger partial charge in [0.25, 0.3) is 5.91 Å². The van der Waals surface area contributed by atoms with E-state index in [-0.39, 0.29) is 11.9 Å². The molecule has 4 heteroatoms. The first-order valence-electron chi connectivity index (χ1n) is 4.69. The summed E-state index contributed by atoms with van der Waals surface area (Å²) in [5.74, 6) is 5.57. The Morgan fingerprint density at radius 3 is 2.38 bits per heavy atom. The molecule has 0 aromatic heterocycles. The highest BCUT2D eigenvalue weighted by Crippen LogP contribution is 2.03. The first-order chi connectivity index (χ1) is 5.99. The van der Waals surface area contributed by atoms with Gasteiger partial charge < -0.3 is 0 Å². The molecule has 0 rings (SSSR count). The van der Waals surface area contributed by atoms with E-state index in [4.69, 9.17) is 5.84 Å². The number of likely N-dealkylation sites (N-methyl/N-ethyl adjacent to an activating group) is 1. The molecule has 0 aromatic carbocycles. The molecule has 0 aliphatic carbocycles. The molecule has 0 saturated heterocycles. The zero-order chi connectivity index (χ0) is 10.4. The van der Waals surface area contributed by atoms with Crippen molar-refractivity contribution in [2.75, 3.05) is 13.6 Å². The van der Waals surface area contributed by atoms with Crippen LogP contribution in [0.1, 0.15) is 27.2 Å².